The van der Waals surface area contributed by atoms with Crippen molar-refractivity contribution in [2.45, 2.75) is 25.7 Å². The van der Waals surface area contributed by atoms with E-state index in [0.29, 0.717) is 6.42 Å². The lowest BCUT2D eigenvalue weighted by Gasteiger charge is -2.16. The van der Waals surface area contributed by atoms with Gasteiger partial charge in [0.1, 0.15) is 4.88 Å². The van der Waals surface area contributed by atoms with Crippen LogP contribution in [0.5, 0.6) is 0 Å². The maximum Gasteiger partial charge on any atom is 0.265 e. The Morgan fingerprint density at radius 3 is 2.85 bits per heavy atom. The number of likely N-dealkylation sites (tertiary alicyclic amines) is 1. The second-order valence-electron chi connectivity index (χ2n) is 5.60. The van der Waals surface area contributed by atoms with Gasteiger partial charge in [-0.05, 0) is 36.1 Å². The molecule has 2 fully saturated rings. The molecule has 1 N–H and O–H groups in total. The lowest BCUT2D eigenvalue weighted by atomic mass is 10.0. The molecule has 1 amide bonds. The fraction of sp³-hybridized carbons (Fsp3) is 0.562. The monoisotopic (exact) mass is 289 g/mol. The van der Waals surface area contributed by atoms with Gasteiger partial charge >= 0.3 is 0 Å². The highest BCUT2D eigenvalue weighted by Crippen LogP contribution is 2.38. The number of nitrogens with zero attached hydrogens (tertiary/aromatic N) is 1. The number of fused-ring (bicyclic) bond motifs is 1. The van der Waals surface area contributed by atoms with Crippen molar-refractivity contribution in [2.75, 3.05) is 19.7 Å². The highest BCUT2D eigenvalue weighted by molar-refractivity contribution is 7.12. The maximum atomic E-state index is 12.6. The molecule has 1 saturated heterocycles. The molecule has 1 aromatic heterocycles. The van der Waals surface area contributed by atoms with Gasteiger partial charge in [-0.25, -0.2) is 0 Å². The highest BCUT2D eigenvalue weighted by Gasteiger charge is 2.38. The zero-order valence-corrected chi connectivity index (χ0v) is 12.3. The van der Waals surface area contributed by atoms with Gasteiger partial charge in [-0.15, -0.1) is 11.3 Å². The zero-order valence-electron chi connectivity index (χ0n) is 11.5. The Kier molecular flexibility index (Phi) is 4.09. The van der Waals surface area contributed by atoms with Crippen molar-refractivity contribution in [1.29, 1.82) is 0 Å². The maximum absolute atomic E-state index is 12.6. The minimum Gasteiger partial charge on any atom is -0.395 e. The molecule has 1 aromatic rings. The van der Waals surface area contributed by atoms with E-state index >= 15 is 0 Å². The van der Waals surface area contributed by atoms with E-state index in [9.17, 15) is 4.79 Å². The van der Waals surface area contributed by atoms with Crippen LogP contribution in [0.1, 0.15) is 40.9 Å². The largest absolute Gasteiger partial charge is 0.395 e. The summed E-state index contributed by atoms with van der Waals surface area (Å²) in [5.74, 6) is 7.49. The van der Waals surface area contributed by atoms with E-state index < -0.39 is 0 Å². The van der Waals surface area contributed by atoms with E-state index in [4.69, 9.17) is 5.11 Å². The van der Waals surface area contributed by atoms with Gasteiger partial charge in [-0.3, -0.25) is 4.79 Å². The summed E-state index contributed by atoms with van der Waals surface area (Å²) < 4.78 is 0. The van der Waals surface area contributed by atoms with Gasteiger partial charge in [0, 0.05) is 25.1 Å². The van der Waals surface area contributed by atoms with Gasteiger partial charge in [0.25, 0.3) is 5.91 Å². The topological polar surface area (TPSA) is 40.5 Å². The number of thiophene rings is 1. The number of carbonyl (C=O) groups is 1. The van der Waals surface area contributed by atoms with Crippen LogP contribution < -0.4 is 0 Å². The molecule has 2 atom stereocenters. The first-order valence-corrected chi connectivity index (χ1v) is 8.14. The summed E-state index contributed by atoms with van der Waals surface area (Å²) in [5.41, 5.74) is 0.811. The van der Waals surface area contributed by atoms with E-state index in [2.05, 4.69) is 11.8 Å². The Morgan fingerprint density at radius 1 is 1.40 bits per heavy atom. The van der Waals surface area contributed by atoms with Crippen LogP contribution in [0.4, 0.5) is 0 Å². The van der Waals surface area contributed by atoms with Crippen LogP contribution in [-0.4, -0.2) is 35.6 Å². The van der Waals surface area contributed by atoms with Crippen LogP contribution in [0.15, 0.2) is 11.4 Å². The molecule has 3 nitrogen and oxygen atoms in total. The molecule has 106 valence electrons. The fourth-order valence-electron chi connectivity index (χ4n) is 3.33. The van der Waals surface area contributed by atoms with Gasteiger partial charge < -0.3 is 10.0 Å². The third kappa shape index (κ3) is 2.61. The number of hydrogen-bond donors (Lipinski definition) is 1. The molecular weight excluding hydrogens is 270 g/mol. The first kappa shape index (κ1) is 13.7. The number of rotatable bonds is 2. The SMILES string of the molecule is O=C(c1sccc1C#CCCO)N1CC2CCCC2C1. The molecule has 20 heavy (non-hydrogen) atoms. The predicted molar refractivity (Wildman–Crippen MR) is 79.6 cm³/mol. The molecule has 3 rings (SSSR count). The fourth-order valence-corrected chi connectivity index (χ4v) is 4.15. The average molecular weight is 289 g/mol. The summed E-state index contributed by atoms with van der Waals surface area (Å²) in [6, 6.07) is 1.90. The molecule has 0 spiro atoms. The molecule has 2 heterocycles. The zero-order chi connectivity index (χ0) is 13.9. The van der Waals surface area contributed by atoms with E-state index in [-0.39, 0.29) is 12.5 Å². The van der Waals surface area contributed by atoms with E-state index in [1.807, 2.05) is 16.3 Å². The molecule has 1 saturated carbocycles. The Morgan fingerprint density at radius 2 is 2.15 bits per heavy atom. The normalized spacial score (nSPS) is 24.4. The Hall–Kier alpha value is -1.31. The minimum atomic E-state index is 0.0654. The minimum absolute atomic E-state index is 0.0654. The smallest absolute Gasteiger partial charge is 0.265 e. The summed E-state index contributed by atoms with van der Waals surface area (Å²) in [5, 5.41) is 10.7. The molecule has 4 heteroatoms. The second kappa shape index (κ2) is 5.99. The number of amides is 1. The van der Waals surface area contributed by atoms with Crippen molar-refractivity contribution in [3.8, 4) is 11.8 Å². The van der Waals surface area contributed by atoms with Gasteiger partial charge in [-0.1, -0.05) is 18.3 Å². The molecule has 0 aromatic carbocycles. The Labute approximate surface area is 123 Å². The first-order valence-electron chi connectivity index (χ1n) is 7.26. The molecule has 0 radical (unpaired) electrons. The predicted octanol–water partition coefficient (Wildman–Crippen LogP) is 2.35. The molecule has 2 aliphatic rings. The molecule has 0 bridgehead atoms. The molecule has 1 aliphatic heterocycles. The number of aliphatic hydroxyl groups is 1. The van der Waals surface area contributed by atoms with Crippen molar-refractivity contribution >= 4 is 17.2 Å². The van der Waals surface area contributed by atoms with Crippen LogP contribution in [0, 0.1) is 23.7 Å². The molecule has 1 aliphatic carbocycles. The summed E-state index contributed by atoms with van der Waals surface area (Å²) >= 11 is 1.47. The van der Waals surface area contributed by atoms with Crippen LogP contribution in [0.25, 0.3) is 0 Å². The molecule has 2 unspecified atom stereocenters. The number of hydrogen-bond acceptors (Lipinski definition) is 3. The second-order valence-corrected chi connectivity index (χ2v) is 6.52. The summed E-state index contributed by atoms with van der Waals surface area (Å²) in [6.45, 7) is 1.91. The van der Waals surface area contributed by atoms with Gasteiger partial charge in [0.15, 0.2) is 0 Å². The van der Waals surface area contributed by atoms with Crippen LogP contribution in [-0.2, 0) is 0 Å². The van der Waals surface area contributed by atoms with Gasteiger partial charge in [-0.2, -0.15) is 0 Å². The van der Waals surface area contributed by atoms with Crippen LogP contribution >= 0.6 is 11.3 Å². The van der Waals surface area contributed by atoms with Gasteiger partial charge in [0.2, 0.25) is 0 Å². The van der Waals surface area contributed by atoms with Crippen molar-refractivity contribution in [1.82, 2.24) is 4.90 Å². The lowest BCUT2D eigenvalue weighted by molar-refractivity contribution is 0.0785. The van der Waals surface area contributed by atoms with Gasteiger partial charge in [0.05, 0.1) is 6.61 Å². The molecular formula is C16H19NO2S. The summed E-state index contributed by atoms with van der Waals surface area (Å²) in [4.78, 5) is 15.4. The third-order valence-corrected chi connectivity index (χ3v) is 5.24. The summed E-state index contributed by atoms with van der Waals surface area (Å²) in [7, 11) is 0. The summed E-state index contributed by atoms with van der Waals surface area (Å²) in [6.07, 6.45) is 4.34. The highest BCUT2D eigenvalue weighted by atomic mass is 32.1. The Bertz CT molecular complexity index is 542. The quantitative estimate of drug-likeness (QED) is 0.849. The number of aliphatic hydroxyl groups excluding tert-OH is 1. The van der Waals surface area contributed by atoms with E-state index in [1.54, 1.807) is 0 Å². The number of carbonyl (C=O) groups excluding carboxylic acids is 1. The Balaban J connectivity index is 1.72. The third-order valence-electron chi connectivity index (χ3n) is 4.33. The van der Waals surface area contributed by atoms with Crippen LogP contribution in [0.3, 0.4) is 0 Å². The van der Waals surface area contributed by atoms with E-state index in [0.717, 1.165) is 35.4 Å². The van der Waals surface area contributed by atoms with E-state index in [1.165, 1.54) is 30.6 Å². The van der Waals surface area contributed by atoms with Crippen molar-refractivity contribution in [2.24, 2.45) is 11.8 Å². The van der Waals surface area contributed by atoms with Crippen molar-refractivity contribution < 1.29 is 9.90 Å². The first-order chi connectivity index (χ1) is 9.79. The lowest BCUT2D eigenvalue weighted by Crippen LogP contribution is -2.29. The van der Waals surface area contributed by atoms with Crippen molar-refractivity contribution in [3.05, 3.63) is 21.9 Å². The standard InChI is InChI=1S/C16H19NO2S/c18-8-2-1-4-12-7-9-20-15(12)16(19)17-10-13-5-3-6-14(13)11-17/h7,9,13-14,18H,2-3,5-6,8,10-11H2. The average Bonchev–Trinajstić information content (AvgIpc) is 3.13. The van der Waals surface area contributed by atoms with Crippen molar-refractivity contribution in [3.63, 3.8) is 0 Å². The van der Waals surface area contributed by atoms with Crippen LogP contribution in [0.2, 0.25) is 0 Å².